The van der Waals surface area contributed by atoms with Crippen LogP contribution in [0.3, 0.4) is 0 Å². The summed E-state index contributed by atoms with van der Waals surface area (Å²) in [6, 6.07) is 19.1. The van der Waals surface area contributed by atoms with Crippen molar-refractivity contribution in [1.82, 2.24) is 0 Å². The number of carbonyl (C=O) groups excluding carboxylic acids is 1. The number of ether oxygens (including phenoxy) is 1. The van der Waals surface area contributed by atoms with E-state index in [1.807, 2.05) is 60.7 Å². The molecule has 0 aliphatic rings. The number of hydrogen-bond donors (Lipinski definition) is 0. The second-order valence-electron chi connectivity index (χ2n) is 3.96. The zero-order chi connectivity index (χ0) is 14.2. The van der Waals surface area contributed by atoms with E-state index in [4.69, 9.17) is 5.26 Å². The molecule has 2 aromatic carbocycles. The first kappa shape index (κ1) is 13.5. The Hall–Kier alpha value is -2.93. The third kappa shape index (κ3) is 3.53. The van der Waals surface area contributed by atoms with Crippen LogP contribution in [0.15, 0.2) is 65.7 Å². The van der Waals surface area contributed by atoms with Crippen molar-refractivity contribution in [3.8, 4) is 6.26 Å². The zero-order valence-corrected chi connectivity index (χ0v) is 10.7. The number of nitrogens with zero attached hydrogens (tertiary/aromatic N) is 2. The molecule has 2 aromatic rings. The maximum absolute atomic E-state index is 11.3. The minimum absolute atomic E-state index is 0.188. The van der Waals surface area contributed by atoms with Crippen molar-refractivity contribution in [2.75, 3.05) is 6.54 Å². The minimum atomic E-state index is -0.670. The fraction of sp³-hybridized carbons (Fsp3) is 0.0625. The normalized spacial score (nSPS) is 9.35. The Morgan fingerprint density at radius 2 is 1.50 bits per heavy atom. The number of rotatable bonds is 4. The van der Waals surface area contributed by atoms with Crippen LogP contribution in [-0.2, 0) is 9.53 Å². The van der Waals surface area contributed by atoms with Gasteiger partial charge in [-0.25, -0.2) is 4.79 Å². The van der Waals surface area contributed by atoms with Gasteiger partial charge in [0, 0.05) is 11.1 Å². The van der Waals surface area contributed by atoms with Gasteiger partial charge < -0.3 is 4.74 Å². The molecule has 0 aromatic heterocycles. The molecular weight excluding hydrogens is 252 g/mol. The van der Waals surface area contributed by atoms with E-state index in [2.05, 4.69) is 9.73 Å². The van der Waals surface area contributed by atoms with Crippen LogP contribution in [0.5, 0.6) is 0 Å². The molecule has 0 heterocycles. The predicted molar refractivity (Wildman–Crippen MR) is 75.1 cm³/mol. The van der Waals surface area contributed by atoms with Crippen molar-refractivity contribution in [3.63, 3.8) is 0 Å². The fourth-order valence-corrected chi connectivity index (χ4v) is 1.77. The van der Waals surface area contributed by atoms with Crippen LogP contribution in [0, 0.1) is 11.5 Å². The third-order valence-corrected chi connectivity index (χ3v) is 2.62. The highest BCUT2D eigenvalue weighted by atomic mass is 16.5. The molecule has 98 valence electrons. The molecule has 0 atom stereocenters. The summed E-state index contributed by atoms with van der Waals surface area (Å²) in [5.41, 5.74) is 2.51. The monoisotopic (exact) mass is 264 g/mol. The van der Waals surface area contributed by atoms with Crippen molar-refractivity contribution in [2.45, 2.75) is 0 Å². The lowest BCUT2D eigenvalue weighted by atomic mass is 10.0. The van der Waals surface area contributed by atoms with E-state index < -0.39 is 5.97 Å². The summed E-state index contributed by atoms with van der Waals surface area (Å²) in [5, 5.41) is 8.29. The second kappa shape index (κ2) is 6.86. The Morgan fingerprint density at radius 3 is 1.95 bits per heavy atom. The Morgan fingerprint density at radius 1 is 1.00 bits per heavy atom. The zero-order valence-electron chi connectivity index (χ0n) is 10.7. The summed E-state index contributed by atoms with van der Waals surface area (Å²) < 4.78 is 4.22. The van der Waals surface area contributed by atoms with E-state index in [0.717, 1.165) is 11.1 Å². The molecule has 0 saturated heterocycles. The van der Waals surface area contributed by atoms with Crippen molar-refractivity contribution in [2.24, 2.45) is 4.99 Å². The first-order valence-electron chi connectivity index (χ1n) is 6.05. The lowest BCUT2D eigenvalue weighted by molar-refractivity contribution is -0.135. The molecule has 4 heteroatoms. The highest BCUT2D eigenvalue weighted by Gasteiger charge is 2.08. The van der Waals surface area contributed by atoms with E-state index in [0.29, 0.717) is 5.71 Å². The van der Waals surface area contributed by atoms with Gasteiger partial charge in [0.2, 0.25) is 0 Å². The molecule has 2 rings (SSSR count). The van der Waals surface area contributed by atoms with Crippen LogP contribution in [0.1, 0.15) is 11.1 Å². The summed E-state index contributed by atoms with van der Waals surface area (Å²) >= 11 is 0. The third-order valence-electron chi connectivity index (χ3n) is 2.62. The van der Waals surface area contributed by atoms with E-state index in [9.17, 15) is 4.79 Å². The Balaban J connectivity index is 2.33. The first-order valence-corrected chi connectivity index (χ1v) is 6.05. The number of benzene rings is 2. The van der Waals surface area contributed by atoms with Gasteiger partial charge in [0.05, 0.1) is 5.71 Å². The summed E-state index contributed by atoms with van der Waals surface area (Å²) in [7, 11) is 0. The van der Waals surface area contributed by atoms with Crippen molar-refractivity contribution >= 4 is 11.7 Å². The molecule has 0 fully saturated rings. The Bertz CT molecular complexity index is 602. The maximum atomic E-state index is 11.3. The molecule has 0 aliphatic carbocycles. The standard InChI is InChI=1S/C16H12N2O2/c17-12-20-15(19)11-18-16(13-7-3-1-4-8-13)14-9-5-2-6-10-14/h1-10H,11H2. The topological polar surface area (TPSA) is 62.4 Å². The van der Waals surface area contributed by atoms with E-state index in [1.54, 1.807) is 0 Å². The molecule has 0 unspecified atom stereocenters. The van der Waals surface area contributed by atoms with E-state index in [1.165, 1.54) is 6.26 Å². The van der Waals surface area contributed by atoms with Crippen molar-refractivity contribution in [3.05, 3.63) is 71.8 Å². The molecule has 20 heavy (non-hydrogen) atoms. The number of aliphatic imine (C=N–C) groups is 1. The molecule has 0 amide bonds. The van der Waals surface area contributed by atoms with Gasteiger partial charge in [-0.15, -0.1) is 5.26 Å². The molecule has 0 aliphatic heterocycles. The second-order valence-corrected chi connectivity index (χ2v) is 3.96. The summed E-state index contributed by atoms with van der Waals surface area (Å²) in [4.78, 5) is 15.5. The molecule has 0 bridgehead atoms. The smallest absolute Gasteiger partial charge is 0.343 e. The summed E-state index contributed by atoms with van der Waals surface area (Å²) in [6.45, 7) is -0.188. The Labute approximate surface area is 117 Å². The van der Waals surface area contributed by atoms with Gasteiger partial charge in [-0.2, -0.15) is 0 Å². The highest BCUT2D eigenvalue weighted by Crippen LogP contribution is 2.10. The van der Waals surface area contributed by atoms with Crippen molar-refractivity contribution < 1.29 is 9.53 Å². The van der Waals surface area contributed by atoms with Crippen LogP contribution in [-0.4, -0.2) is 18.2 Å². The quantitative estimate of drug-likeness (QED) is 0.484. The molecule has 4 nitrogen and oxygen atoms in total. The molecule has 0 spiro atoms. The van der Waals surface area contributed by atoms with Crippen LogP contribution in [0.2, 0.25) is 0 Å². The number of esters is 1. The molecule has 0 radical (unpaired) electrons. The average molecular weight is 264 g/mol. The van der Waals surface area contributed by atoms with Gasteiger partial charge >= 0.3 is 5.97 Å². The van der Waals surface area contributed by atoms with Crippen LogP contribution in [0.25, 0.3) is 0 Å². The number of carbonyl (C=O) groups is 1. The molecule has 0 N–H and O–H groups in total. The summed E-state index contributed by atoms with van der Waals surface area (Å²) in [6.07, 6.45) is 1.35. The Kier molecular flexibility index (Phi) is 4.63. The van der Waals surface area contributed by atoms with Gasteiger partial charge in [0.25, 0.3) is 6.26 Å². The first-order chi connectivity index (χ1) is 9.81. The molecular formula is C16H12N2O2. The summed E-state index contributed by atoms with van der Waals surface area (Å²) in [5.74, 6) is -0.670. The number of nitriles is 1. The molecule has 0 saturated carbocycles. The van der Waals surface area contributed by atoms with Gasteiger partial charge in [-0.3, -0.25) is 4.99 Å². The van der Waals surface area contributed by atoms with Crippen LogP contribution >= 0.6 is 0 Å². The van der Waals surface area contributed by atoms with E-state index in [-0.39, 0.29) is 6.54 Å². The SMILES string of the molecule is N#COC(=O)CN=C(c1ccccc1)c1ccccc1. The average Bonchev–Trinajstić information content (AvgIpc) is 2.50. The highest BCUT2D eigenvalue weighted by molar-refractivity contribution is 6.13. The number of hydrogen-bond acceptors (Lipinski definition) is 4. The van der Waals surface area contributed by atoms with Crippen LogP contribution < -0.4 is 0 Å². The lowest BCUT2D eigenvalue weighted by Gasteiger charge is -2.06. The van der Waals surface area contributed by atoms with Crippen LogP contribution in [0.4, 0.5) is 0 Å². The van der Waals surface area contributed by atoms with Gasteiger partial charge in [0.15, 0.2) is 0 Å². The minimum Gasteiger partial charge on any atom is -0.349 e. The fourth-order valence-electron chi connectivity index (χ4n) is 1.77. The predicted octanol–water partition coefficient (Wildman–Crippen LogP) is 2.55. The van der Waals surface area contributed by atoms with Gasteiger partial charge in [-0.05, 0) is 0 Å². The largest absolute Gasteiger partial charge is 0.349 e. The van der Waals surface area contributed by atoms with Gasteiger partial charge in [-0.1, -0.05) is 60.7 Å². The van der Waals surface area contributed by atoms with E-state index >= 15 is 0 Å². The van der Waals surface area contributed by atoms with Gasteiger partial charge in [0.1, 0.15) is 6.54 Å². The maximum Gasteiger partial charge on any atom is 0.343 e. The lowest BCUT2D eigenvalue weighted by Crippen LogP contribution is -2.10. The van der Waals surface area contributed by atoms with Crippen molar-refractivity contribution in [1.29, 1.82) is 5.26 Å².